The molecule has 0 aliphatic carbocycles. The van der Waals surface area contributed by atoms with Gasteiger partial charge in [0.2, 0.25) is 0 Å². The van der Waals surface area contributed by atoms with E-state index in [-0.39, 0.29) is 0 Å². The van der Waals surface area contributed by atoms with Crippen molar-refractivity contribution in [2.75, 3.05) is 0 Å². The zero-order chi connectivity index (χ0) is 21.9. The standard InChI is InChI=1S/C27H23N3OS/c1-19-4-9-24(29-15-19)18-31-25-10-11-26-23(13-25)14-27(32)30(26)17-20-5-7-21(8-6-20)22-3-2-12-28-16-22/h2-16,32H,17-18H2,1H3. The molecule has 5 rings (SSSR count). The Bertz CT molecular complexity index is 1340. The van der Waals surface area contributed by atoms with E-state index in [1.54, 1.807) is 6.20 Å². The third-order valence-corrected chi connectivity index (χ3v) is 5.87. The van der Waals surface area contributed by atoms with Gasteiger partial charge < -0.3 is 9.30 Å². The Morgan fingerprint density at radius 1 is 0.906 bits per heavy atom. The van der Waals surface area contributed by atoms with Crippen LogP contribution in [0.3, 0.4) is 0 Å². The van der Waals surface area contributed by atoms with E-state index >= 15 is 0 Å². The van der Waals surface area contributed by atoms with E-state index in [1.807, 2.05) is 43.6 Å². The minimum atomic E-state index is 0.448. The average molecular weight is 438 g/mol. The van der Waals surface area contributed by atoms with Gasteiger partial charge in [0, 0.05) is 36.0 Å². The molecule has 32 heavy (non-hydrogen) atoms. The zero-order valence-electron chi connectivity index (χ0n) is 17.8. The molecule has 0 unspecified atom stereocenters. The minimum absolute atomic E-state index is 0.448. The van der Waals surface area contributed by atoms with Crippen LogP contribution in [-0.2, 0) is 13.2 Å². The SMILES string of the molecule is Cc1ccc(COc2ccc3c(c2)cc(S)n3Cc2ccc(-c3cccnc3)cc2)nc1. The van der Waals surface area contributed by atoms with Crippen LogP contribution in [-0.4, -0.2) is 14.5 Å². The Hall–Kier alpha value is -3.57. The number of fused-ring (bicyclic) bond motifs is 1. The number of ether oxygens (including phenoxy) is 1. The lowest BCUT2D eigenvalue weighted by Crippen LogP contribution is -2.00. The highest BCUT2D eigenvalue weighted by Crippen LogP contribution is 2.28. The van der Waals surface area contributed by atoms with Gasteiger partial charge >= 0.3 is 0 Å². The molecule has 0 fully saturated rings. The first kappa shape index (κ1) is 20.3. The molecule has 0 spiro atoms. The molecule has 2 aromatic carbocycles. The zero-order valence-corrected chi connectivity index (χ0v) is 18.7. The summed E-state index contributed by atoms with van der Waals surface area (Å²) in [4.78, 5) is 8.60. The predicted molar refractivity (Wildman–Crippen MR) is 131 cm³/mol. The van der Waals surface area contributed by atoms with Crippen molar-refractivity contribution in [1.82, 2.24) is 14.5 Å². The van der Waals surface area contributed by atoms with Crippen LogP contribution in [0.2, 0.25) is 0 Å². The molecule has 0 aliphatic heterocycles. The third kappa shape index (κ3) is 4.39. The maximum Gasteiger partial charge on any atom is 0.130 e. The summed E-state index contributed by atoms with van der Waals surface area (Å²) in [6.45, 7) is 3.23. The van der Waals surface area contributed by atoms with Gasteiger partial charge in [-0.15, -0.1) is 12.6 Å². The van der Waals surface area contributed by atoms with Crippen molar-refractivity contribution in [3.63, 3.8) is 0 Å². The lowest BCUT2D eigenvalue weighted by Gasteiger charge is -2.10. The van der Waals surface area contributed by atoms with Crippen LogP contribution in [0.5, 0.6) is 5.75 Å². The van der Waals surface area contributed by atoms with Crippen molar-refractivity contribution >= 4 is 23.5 Å². The summed E-state index contributed by atoms with van der Waals surface area (Å²) in [5, 5.41) is 2.03. The Morgan fingerprint density at radius 2 is 1.78 bits per heavy atom. The molecule has 3 aromatic heterocycles. The van der Waals surface area contributed by atoms with Crippen LogP contribution in [0.15, 0.2) is 96.4 Å². The van der Waals surface area contributed by atoms with Crippen LogP contribution in [0.4, 0.5) is 0 Å². The number of aryl methyl sites for hydroxylation is 1. The predicted octanol–water partition coefficient (Wildman–Crippen LogP) is 6.32. The molecule has 0 saturated heterocycles. The number of aromatic nitrogens is 3. The number of pyridine rings is 2. The molecule has 5 heteroatoms. The Kier molecular flexibility index (Phi) is 5.65. The molecule has 0 amide bonds. The second-order valence-corrected chi connectivity index (χ2v) is 8.32. The summed E-state index contributed by atoms with van der Waals surface area (Å²) in [6.07, 6.45) is 5.53. The average Bonchev–Trinajstić information content (AvgIpc) is 3.14. The molecule has 158 valence electrons. The number of nitrogens with zero attached hydrogens (tertiary/aromatic N) is 3. The summed E-state index contributed by atoms with van der Waals surface area (Å²) < 4.78 is 8.17. The van der Waals surface area contributed by atoms with Gasteiger partial charge in [-0.3, -0.25) is 9.97 Å². The Labute approximate surface area is 193 Å². The smallest absolute Gasteiger partial charge is 0.130 e. The van der Waals surface area contributed by atoms with Crippen molar-refractivity contribution in [2.45, 2.75) is 25.1 Å². The largest absolute Gasteiger partial charge is 0.487 e. The van der Waals surface area contributed by atoms with Gasteiger partial charge in [-0.1, -0.05) is 36.4 Å². The van der Waals surface area contributed by atoms with Crippen molar-refractivity contribution < 1.29 is 4.74 Å². The highest BCUT2D eigenvalue weighted by Gasteiger charge is 2.09. The van der Waals surface area contributed by atoms with Crippen LogP contribution < -0.4 is 4.74 Å². The van der Waals surface area contributed by atoms with E-state index in [0.29, 0.717) is 6.61 Å². The topological polar surface area (TPSA) is 39.9 Å². The lowest BCUT2D eigenvalue weighted by molar-refractivity contribution is 0.301. The number of hydrogen-bond acceptors (Lipinski definition) is 4. The van der Waals surface area contributed by atoms with E-state index < -0.39 is 0 Å². The van der Waals surface area contributed by atoms with E-state index in [0.717, 1.165) is 50.6 Å². The highest BCUT2D eigenvalue weighted by molar-refractivity contribution is 7.80. The molecular formula is C27H23N3OS. The van der Waals surface area contributed by atoms with E-state index in [1.165, 1.54) is 5.56 Å². The lowest BCUT2D eigenvalue weighted by atomic mass is 10.1. The highest BCUT2D eigenvalue weighted by atomic mass is 32.1. The van der Waals surface area contributed by atoms with Gasteiger partial charge in [-0.2, -0.15) is 0 Å². The van der Waals surface area contributed by atoms with Gasteiger partial charge in [0.15, 0.2) is 0 Å². The van der Waals surface area contributed by atoms with E-state index in [9.17, 15) is 0 Å². The molecule has 0 N–H and O–H groups in total. The Morgan fingerprint density at radius 3 is 2.53 bits per heavy atom. The molecule has 0 aliphatic rings. The molecule has 0 saturated carbocycles. The Balaban J connectivity index is 1.33. The summed E-state index contributed by atoms with van der Waals surface area (Å²) in [5.74, 6) is 0.825. The molecule has 3 heterocycles. The maximum atomic E-state index is 5.96. The van der Waals surface area contributed by atoms with E-state index in [2.05, 4.69) is 63.1 Å². The first-order chi connectivity index (χ1) is 15.7. The summed E-state index contributed by atoms with van der Waals surface area (Å²) >= 11 is 4.72. The van der Waals surface area contributed by atoms with Crippen LogP contribution in [0.1, 0.15) is 16.8 Å². The first-order valence-electron chi connectivity index (χ1n) is 10.5. The van der Waals surface area contributed by atoms with Crippen molar-refractivity contribution in [2.24, 2.45) is 0 Å². The number of rotatable bonds is 6. The first-order valence-corrected chi connectivity index (χ1v) is 11.0. The number of benzene rings is 2. The third-order valence-electron chi connectivity index (χ3n) is 5.50. The molecule has 4 nitrogen and oxygen atoms in total. The second-order valence-electron chi connectivity index (χ2n) is 7.86. The molecule has 5 aromatic rings. The van der Waals surface area contributed by atoms with Crippen molar-refractivity contribution in [3.8, 4) is 16.9 Å². The van der Waals surface area contributed by atoms with Crippen LogP contribution in [0, 0.1) is 6.92 Å². The molecule has 0 atom stereocenters. The quantitative estimate of drug-likeness (QED) is 0.316. The summed E-state index contributed by atoms with van der Waals surface area (Å²) in [6, 6.07) is 24.9. The van der Waals surface area contributed by atoms with Gasteiger partial charge in [0.05, 0.1) is 10.7 Å². The number of thiol groups is 1. The fraction of sp³-hybridized carbons (Fsp3) is 0.111. The number of hydrogen-bond donors (Lipinski definition) is 1. The van der Waals surface area contributed by atoms with Gasteiger partial charge in [-0.25, -0.2) is 0 Å². The van der Waals surface area contributed by atoms with E-state index in [4.69, 9.17) is 17.4 Å². The normalized spacial score (nSPS) is 11.1. The molecular weight excluding hydrogens is 414 g/mol. The van der Waals surface area contributed by atoms with Crippen molar-refractivity contribution in [1.29, 1.82) is 0 Å². The summed E-state index contributed by atoms with van der Waals surface area (Å²) in [5.41, 5.74) is 6.69. The fourth-order valence-electron chi connectivity index (χ4n) is 3.75. The van der Waals surface area contributed by atoms with Gasteiger partial charge in [0.25, 0.3) is 0 Å². The molecule has 0 radical (unpaired) electrons. The van der Waals surface area contributed by atoms with Crippen molar-refractivity contribution in [3.05, 3.63) is 108 Å². The fourth-order valence-corrected chi connectivity index (χ4v) is 4.07. The monoisotopic (exact) mass is 437 g/mol. The summed E-state index contributed by atoms with van der Waals surface area (Å²) in [7, 11) is 0. The van der Waals surface area contributed by atoms with Gasteiger partial charge in [0.1, 0.15) is 12.4 Å². The van der Waals surface area contributed by atoms with Crippen LogP contribution >= 0.6 is 12.6 Å². The minimum Gasteiger partial charge on any atom is -0.487 e. The second kappa shape index (κ2) is 8.89. The van der Waals surface area contributed by atoms with Gasteiger partial charge in [-0.05, 0) is 65.6 Å². The molecule has 0 bridgehead atoms. The maximum absolute atomic E-state index is 5.96. The van der Waals surface area contributed by atoms with Crippen LogP contribution in [0.25, 0.3) is 22.0 Å².